The first kappa shape index (κ1) is 39.5. The first-order chi connectivity index (χ1) is 33.2. The molecule has 0 saturated heterocycles. The van der Waals surface area contributed by atoms with Gasteiger partial charge >= 0.3 is 0 Å². The van der Waals surface area contributed by atoms with Gasteiger partial charge in [0.2, 0.25) is 0 Å². The number of aromatic nitrogens is 5. The Morgan fingerprint density at radius 2 is 0.597 bits per heavy atom. The third-order valence-electron chi connectivity index (χ3n) is 12.5. The van der Waals surface area contributed by atoms with Gasteiger partial charge in [0.1, 0.15) is 5.82 Å². The monoisotopic (exact) mass is 855 g/mol. The second kappa shape index (κ2) is 17.1. The molecule has 0 unspecified atom stereocenters. The van der Waals surface area contributed by atoms with Crippen molar-refractivity contribution in [2.75, 3.05) is 0 Å². The lowest BCUT2D eigenvalue weighted by Gasteiger charge is -2.16. The van der Waals surface area contributed by atoms with Gasteiger partial charge in [0.05, 0.1) is 16.6 Å². The van der Waals surface area contributed by atoms with Gasteiger partial charge in [-0.3, -0.25) is 4.57 Å². The average molecular weight is 856 g/mol. The summed E-state index contributed by atoms with van der Waals surface area (Å²) in [5.74, 6) is 2.41. The van der Waals surface area contributed by atoms with Crippen LogP contribution in [0.4, 0.5) is 0 Å². The summed E-state index contributed by atoms with van der Waals surface area (Å²) in [6.07, 6.45) is 2.00. The summed E-state index contributed by atoms with van der Waals surface area (Å²) >= 11 is 0. The van der Waals surface area contributed by atoms with Crippen LogP contribution in [0.25, 0.3) is 117 Å². The Balaban J connectivity index is 1.15. The minimum Gasteiger partial charge on any atom is -0.293 e. The van der Waals surface area contributed by atoms with Crippen LogP contribution in [-0.4, -0.2) is 24.5 Å². The zero-order valence-corrected chi connectivity index (χ0v) is 36.4. The van der Waals surface area contributed by atoms with E-state index in [-0.39, 0.29) is 0 Å². The van der Waals surface area contributed by atoms with E-state index in [2.05, 4.69) is 187 Å². The number of hydrogen-bond donors (Lipinski definition) is 0. The highest BCUT2D eigenvalue weighted by molar-refractivity contribution is 6.12. The van der Waals surface area contributed by atoms with E-state index < -0.39 is 0 Å². The molecule has 0 aliphatic heterocycles. The summed E-state index contributed by atoms with van der Waals surface area (Å²) in [5, 5.41) is 2.25. The molecule has 3 heterocycles. The Labute approximate surface area is 389 Å². The topological polar surface area (TPSA) is 56.5 Å². The normalized spacial score (nSPS) is 11.3. The van der Waals surface area contributed by atoms with E-state index >= 15 is 0 Å². The first-order valence-electron chi connectivity index (χ1n) is 22.5. The fourth-order valence-corrected chi connectivity index (χ4v) is 9.15. The highest BCUT2D eigenvalue weighted by Crippen LogP contribution is 2.41. The molecule has 0 amide bonds. The third kappa shape index (κ3) is 7.64. The minimum atomic E-state index is 0.524. The van der Waals surface area contributed by atoms with Crippen molar-refractivity contribution in [1.82, 2.24) is 24.5 Å². The van der Waals surface area contributed by atoms with Crippen molar-refractivity contribution in [3.05, 3.63) is 249 Å². The zero-order valence-electron chi connectivity index (χ0n) is 36.4. The molecule has 0 radical (unpaired) electrons. The molecule has 0 aliphatic carbocycles. The minimum absolute atomic E-state index is 0.524. The van der Waals surface area contributed by atoms with Gasteiger partial charge in [0.15, 0.2) is 17.5 Å². The lowest BCUT2D eigenvalue weighted by molar-refractivity contribution is 1.04. The predicted molar refractivity (Wildman–Crippen MR) is 275 cm³/mol. The Kier molecular flexibility index (Phi) is 10.1. The third-order valence-corrected chi connectivity index (χ3v) is 12.5. The molecule has 5 nitrogen and oxygen atoms in total. The quantitative estimate of drug-likeness (QED) is 0.145. The van der Waals surface area contributed by atoms with Gasteiger partial charge in [-0.05, 0) is 98.6 Å². The molecule has 0 bridgehead atoms. The van der Waals surface area contributed by atoms with E-state index in [0.717, 1.165) is 99.9 Å². The van der Waals surface area contributed by atoms with E-state index in [1.807, 2.05) is 66.9 Å². The molecule has 0 N–H and O–H groups in total. The summed E-state index contributed by atoms with van der Waals surface area (Å²) in [5.41, 5.74) is 15.7. The number of nitrogens with zero attached hydrogens (tertiary/aromatic N) is 5. The van der Waals surface area contributed by atoms with E-state index in [9.17, 15) is 0 Å². The SMILES string of the molecule is c1ccc(-c2cc(-c3ccccc3)cc(-c3cnc(-n4c5ccc(-c6ccccc6)cc5c5cc(-c6ccccc6)ccc54)c(-c4nc(-c5ccccc5)nc(-c5ccccc5)n4)c3)c2)cc1. The molecule has 67 heavy (non-hydrogen) atoms. The van der Waals surface area contributed by atoms with Crippen molar-refractivity contribution in [3.63, 3.8) is 0 Å². The second-order valence-electron chi connectivity index (χ2n) is 16.7. The van der Waals surface area contributed by atoms with Crippen LogP contribution in [0.5, 0.6) is 0 Å². The molecule has 12 aromatic rings. The van der Waals surface area contributed by atoms with Gasteiger partial charge < -0.3 is 0 Å². The predicted octanol–water partition coefficient (Wildman–Crippen LogP) is 15.7. The molecule has 314 valence electrons. The van der Waals surface area contributed by atoms with Crippen molar-refractivity contribution >= 4 is 21.8 Å². The summed E-state index contributed by atoms with van der Waals surface area (Å²) in [6.45, 7) is 0. The van der Waals surface area contributed by atoms with Gasteiger partial charge in [-0.25, -0.2) is 19.9 Å². The van der Waals surface area contributed by atoms with Crippen LogP contribution >= 0.6 is 0 Å². The van der Waals surface area contributed by atoms with Gasteiger partial charge in [-0.1, -0.05) is 194 Å². The molecule has 12 rings (SSSR count). The summed E-state index contributed by atoms with van der Waals surface area (Å²) in [4.78, 5) is 21.3. The molecule has 3 aromatic heterocycles. The Morgan fingerprint density at radius 1 is 0.254 bits per heavy atom. The van der Waals surface area contributed by atoms with Gasteiger partial charge in [0.25, 0.3) is 0 Å². The molecule has 0 fully saturated rings. The molecular formula is C62H41N5. The van der Waals surface area contributed by atoms with Crippen molar-refractivity contribution in [2.24, 2.45) is 0 Å². The molecule has 0 spiro atoms. The van der Waals surface area contributed by atoms with Crippen molar-refractivity contribution in [2.45, 2.75) is 0 Å². The van der Waals surface area contributed by atoms with E-state index in [1.165, 1.54) is 0 Å². The van der Waals surface area contributed by atoms with Crippen LogP contribution in [0.3, 0.4) is 0 Å². The molecule has 0 aliphatic rings. The van der Waals surface area contributed by atoms with Crippen molar-refractivity contribution in [1.29, 1.82) is 0 Å². The maximum atomic E-state index is 5.51. The van der Waals surface area contributed by atoms with Crippen LogP contribution in [0.2, 0.25) is 0 Å². The number of fused-ring (bicyclic) bond motifs is 3. The lowest BCUT2D eigenvalue weighted by Crippen LogP contribution is -2.06. The maximum absolute atomic E-state index is 5.51. The summed E-state index contributed by atoms with van der Waals surface area (Å²) in [6, 6.07) is 85.1. The molecule has 0 atom stereocenters. The lowest BCUT2D eigenvalue weighted by atomic mass is 9.93. The van der Waals surface area contributed by atoms with E-state index in [0.29, 0.717) is 17.5 Å². The van der Waals surface area contributed by atoms with Gasteiger partial charge in [0, 0.05) is 33.7 Å². The number of benzene rings is 9. The van der Waals surface area contributed by atoms with Crippen molar-refractivity contribution < 1.29 is 0 Å². The van der Waals surface area contributed by atoms with Crippen LogP contribution in [0, 0.1) is 0 Å². The van der Waals surface area contributed by atoms with Crippen LogP contribution < -0.4 is 0 Å². The molecule has 0 saturated carbocycles. The molecular weight excluding hydrogens is 815 g/mol. The van der Waals surface area contributed by atoms with Crippen LogP contribution in [-0.2, 0) is 0 Å². The van der Waals surface area contributed by atoms with Crippen LogP contribution in [0.1, 0.15) is 0 Å². The molecule has 5 heteroatoms. The standard InChI is InChI=1S/C62H41N5/c1-7-19-42(20-8-1)48-31-33-57-54(38-48)55-39-49(43-21-9-2-10-22-43)32-34-58(55)67(57)62-56(61-65-59(46-27-15-5-16-28-46)64-60(66-61)47-29-17-6-18-30-47)40-53(41-63-62)52-36-50(44-23-11-3-12-24-44)35-51(37-52)45-25-13-4-14-26-45/h1-41H. The Hall–Kier alpha value is -9.06. The summed E-state index contributed by atoms with van der Waals surface area (Å²) < 4.78 is 2.29. The smallest absolute Gasteiger partial charge is 0.167 e. The highest BCUT2D eigenvalue weighted by Gasteiger charge is 2.23. The Morgan fingerprint density at radius 3 is 1.00 bits per heavy atom. The van der Waals surface area contributed by atoms with Crippen molar-refractivity contribution in [3.8, 4) is 95.6 Å². The number of hydrogen-bond acceptors (Lipinski definition) is 4. The number of pyridine rings is 1. The van der Waals surface area contributed by atoms with E-state index in [1.54, 1.807) is 0 Å². The fourth-order valence-electron chi connectivity index (χ4n) is 9.15. The summed E-state index contributed by atoms with van der Waals surface area (Å²) in [7, 11) is 0. The number of rotatable bonds is 9. The largest absolute Gasteiger partial charge is 0.293 e. The fraction of sp³-hybridized carbons (Fsp3) is 0. The van der Waals surface area contributed by atoms with Gasteiger partial charge in [-0.15, -0.1) is 0 Å². The van der Waals surface area contributed by atoms with Gasteiger partial charge in [-0.2, -0.15) is 0 Å². The zero-order chi connectivity index (χ0) is 44.5. The molecule has 9 aromatic carbocycles. The first-order valence-corrected chi connectivity index (χ1v) is 22.5. The second-order valence-corrected chi connectivity index (χ2v) is 16.7. The maximum Gasteiger partial charge on any atom is 0.167 e. The Bertz CT molecular complexity index is 3490. The highest BCUT2D eigenvalue weighted by atomic mass is 15.1. The average Bonchev–Trinajstić information content (AvgIpc) is 3.74. The van der Waals surface area contributed by atoms with E-state index in [4.69, 9.17) is 19.9 Å². The van der Waals surface area contributed by atoms with Crippen LogP contribution in [0.15, 0.2) is 249 Å².